The fraction of sp³-hybridized carbons (Fsp3) is 0.167. The maximum absolute atomic E-state index is 3.71. The van der Waals surface area contributed by atoms with E-state index in [1.165, 1.54) is 38.4 Å². The van der Waals surface area contributed by atoms with Crippen LogP contribution in [0.2, 0.25) is 0 Å². The van der Waals surface area contributed by atoms with Crippen LogP contribution in [0.5, 0.6) is 0 Å². The Kier molecular flexibility index (Phi) is 4.15. The van der Waals surface area contributed by atoms with Crippen LogP contribution in [0.25, 0.3) is 21.5 Å². The molecule has 4 aromatic rings. The topological polar surface area (TPSA) is 12.0 Å². The zero-order chi connectivity index (χ0) is 17.2. The Balaban J connectivity index is 2.05. The lowest BCUT2D eigenvalue weighted by atomic mass is 9.92. The molecule has 0 spiro atoms. The number of hydrogen-bond donors (Lipinski definition) is 1. The Hall–Kier alpha value is -2.80. The maximum atomic E-state index is 3.71. The van der Waals surface area contributed by atoms with E-state index in [-0.39, 0.29) is 0 Å². The Morgan fingerprint density at radius 2 is 1.44 bits per heavy atom. The molecule has 0 heterocycles. The molecule has 124 valence electrons. The quantitative estimate of drug-likeness (QED) is 0.404. The standard InChI is InChI=1S/C24H23N/c1-3-17-16-23-21-13-9-8-10-18(21)14-15-22(23)24(20(17)4-2)25-19-11-6-5-7-12-19/h5-16,25H,3-4H2,1-2H3. The Morgan fingerprint density at radius 3 is 2.20 bits per heavy atom. The Labute approximate surface area is 149 Å². The predicted molar refractivity (Wildman–Crippen MR) is 110 cm³/mol. The van der Waals surface area contributed by atoms with E-state index in [9.17, 15) is 0 Å². The van der Waals surface area contributed by atoms with Crippen LogP contribution in [-0.4, -0.2) is 0 Å². The van der Waals surface area contributed by atoms with Crippen LogP contribution in [0.4, 0.5) is 11.4 Å². The first-order valence-corrected chi connectivity index (χ1v) is 9.10. The van der Waals surface area contributed by atoms with E-state index in [0.29, 0.717) is 0 Å². The minimum atomic E-state index is 1.03. The summed E-state index contributed by atoms with van der Waals surface area (Å²) in [5.74, 6) is 0. The van der Waals surface area contributed by atoms with Crippen molar-refractivity contribution in [1.82, 2.24) is 0 Å². The van der Waals surface area contributed by atoms with Gasteiger partial charge in [-0.25, -0.2) is 0 Å². The molecule has 0 radical (unpaired) electrons. The van der Waals surface area contributed by atoms with Gasteiger partial charge < -0.3 is 5.32 Å². The molecule has 0 saturated carbocycles. The summed E-state index contributed by atoms with van der Waals surface area (Å²) in [6.07, 6.45) is 2.08. The van der Waals surface area contributed by atoms with Gasteiger partial charge in [0.2, 0.25) is 0 Å². The van der Waals surface area contributed by atoms with Crippen LogP contribution in [0.3, 0.4) is 0 Å². The lowest BCUT2D eigenvalue weighted by molar-refractivity contribution is 1.05. The summed E-state index contributed by atoms with van der Waals surface area (Å²) in [5.41, 5.74) is 5.26. The number of fused-ring (bicyclic) bond motifs is 3. The SMILES string of the molecule is CCc1cc2c(ccc3ccccc32)c(Nc2ccccc2)c1CC. The summed E-state index contributed by atoms with van der Waals surface area (Å²) in [4.78, 5) is 0. The number of benzene rings is 4. The third-order valence-electron chi connectivity index (χ3n) is 5.03. The van der Waals surface area contributed by atoms with Crippen molar-refractivity contribution < 1.29 is 0 Å². The van der Waals surface area contributed by atoms with Gasteiger partial charge in [-0.15, -0.1) is 0 Å². The number of nitrogens with one attached hydrogen (secondary N) is 1. The van der Waals surface area contributed by atoms with Gasteiger partial charge in [-0.1, -0.05) is 74.5 Å². The van der Waals surface area contributed by atoms with Gasteiger partial charge in [-0.3, -0.25) is 0 Å². The molecule has 4 rings (SSSR count). The van der Waals surface area contributed by atoms with Crippen LogP contribution in [0, 0.1) is 0 Å². The highest BCUT2D eigenvalue weighted by Crippen LogP contribution is 2.37. The third kappa shape index (κ3) is 2.76. The van der Waals surface area contributed by atoms with Crippen LogP contribution in [0.15, 0.2) is 72.8 Å². The highest BCUT2D eigenvalue weighted by atomic mass is 14.9. The van der Waals surface area contributed by atoms with Gasteiger partial charge >= 0.3 is 0 Å². The normalized spacial score (nSPS) is 11.1. The largest absolute Gasteiger partial charge is 0.355 e. The minimum absolute atomic E-state index is 1.03. The summed E-state index contributed by atoms with van der Waals surface area (Å²) < 4.78 is 0. The first-order valence-electron chi connectivity index (χ1n) is 9.10. The van der Waals surface area contributed by atoms with Crippen molar-refractivity contribution in [2.75, 3.05) is 5.32 Å². The van der Waals surface area contributed by atoms with Gasteiger partial charge in [-0.05, 0) is 52.3 Å². The monoisotopic (exact) mass is 325 g/mol. The lowest BCUT2D eigenvalue weighted by Crippen LogP contribution is -2.01. The zero-order valence-corrected chi connectivity index (χ0v) is 14.8. The zero-order valence-electron chi connectivity index (χ0n) is 14.8. The second-order valence-electron chi connectivity index (χ2n) is 6.47. The Morgan fingerprint density at radius 1 is 0.680 bits per heavy atom. The number of aryl methyl sites for hydroxylation is 1. The molecule has 0 bridgehead atoms. The summed E-state index contributed by atoms with van der Waals surface area (Å²) in [5, 5.41) is 8.97. The molecule has 4 aromatic carbocycles. The summed E-state index contributed by atoms with van der Waals surface area (Å²) in [6.45, 7) is 4.50. The second-order valence-corrected chi connectivity index (χ2v) is 6.47. The van der Waals surface area contributed by atoms with Gasteiger partial charge in [0.05, 0.1) is 0 Å². The van der Waals surface area contributed by atoms with E-state index in [0.717, 1.165) is 18.5 Å². The number of hydrogen-bond acceptors (Lipinski definition) is 1. The molecule has 0 saturated heterocycles. The third-order valence-corrected chi connectivity index (χ3v) is 5.03. The van der Waals surface area contributed by atoms with Crippen molar-refractivity contribution in [3.05, 3.63) is 83.9 Å². The van der Waals surface area contributed by atoms with Crippen molar-refractivity contribution >= 4 is 32.9 Å². The van der Waals surface area contributed by atoms with Crippen LogP contribution < -0.4 is 5.32 Å². The molecular formula is C24H23N. The molecule has 0 aliphatic rings. The van der Waals surface area contributed by atoms with Gasteiger partial charge in [0.25, 0.3) is 0 Å². The number of anilines is 2. The maximum Gasteiger partial charge on any atom is 0.0499 e. The number of rotatable bonds is 4. The predicted octanol–water partition coefficient (Wildman–Crippen LogP) is 6.86. The van der Waals surface area contributed by atoms with E-state index in [2.05, 4.69) is 92.0 Å². The molecule has 0 unspecified atom stereocenters. The van der Waals surface area contributed by atoms with Gasteiger partial charge in [0.15, 0.2) is 0 Å². The summed E-state index contributed by atoms with van der Waals surface area (Å²) in [7, 11) is 0. The molecule has 0 aliphatic heterocycles. The second kappa shape index (κ2) is 6.60. The van der Waals surface area contributed by atoms with E-state index in [1.54, 1.807) is 0 Å². The molecule has 0 fully saturated rings. The van der Waals surface area contributed by atoms with Crippen molar-refractivity contribution in [3.8, 4) is 0 Å². The first kappa shape index (κ1) is 15.7. The lowest BCUT2D eigenvalue weighted by Gasteiger charge is -2.19. The van der Waals surface area contributed by atoms with E-state index in [4.69, 9.17) is 0 Å². The van der Waals surface area contributed by atoms with Crippen molar-refractivity contribution in [3.63, 3.8) is 0 Å². The molecule has 0 atom stereocenters. The van der Waals surface area contributed by atoms with Crippen molar-refractivity contribution in [2.45, 2.75) is 26.7 Å². The molecule has 0 aliphatic carbocycles. The van der Waals surface area contributed by atoms with Crippen molar-refractivity contribution in [1.29, 1.82) is 0 Å². The minimum Gasteiger partial charge on any atom is -0.355 e. The van der Waals surface area contributed by atoms with Gasteiger partial charge in [0.1, 0.15) is 0 Å². The molecule has 1 N–H and O–H groups in total. The van der Waals surface area contributed by atoms with Crippen LogP contribution in [0.1, 0.15) is 25.0 Å². The van der Waals surface area contributed by atoms with Crippen molar-refractivity contribution in [2.24, 2.45) is 0 Å². The van der Waals surface area contributed by atoms with Gasteiger partial charge in [-0.2, -0.15) is 0 Å². The molecule has 0 amide bonds. The highest BCUT2D eigenvalue weighted by Gasteiger charge is 2.13. The summed E-state index contributed by atoms with van der Waals surface area (Å²) >= 11 is 0. The van der Waals surface area contributed by atoms with E-state index in [1.807, 2.05) is 0 Å². The molecule has 0 aromatic heterocycles. The van der Waals surface area contributed by atoms with E-state index >= 15 is 0 Å². The first-order chi connectivity index (χ1) is 12.3. The van der Waals surface area contributed by atoms with E-state index < -0.39 is 0 Å². The average molecular weight is 325 g/mol. The fourth-order valence-corrected chi connectivity index (χ4v) is 3.78. The van der Waals surface area contributed by atoms with Crippen LogP contribution in [-0.2, 0) is 12.8 Å². The molecule has 25 heavy (non-hydrogen) atoms. The average Bonchev–Trinajstić information content (AvgIpc) is 2.68. The highest BCUT2D eigenvalue weighted by molar-refractivity contribution is 6.12. The molecular weight excluding hydrogens is 302 g/mol. The van der Waals surface area contributed by atoms with Crippen LogP contribution >= 0.6 is 0 Å². The fourth-order valence-electron chi connectivity index (χ4n) is 3.78. The Bertz CT molecular complexity index is 1030. The summed E-state index contributed by atoms with van der Waals surface area (Å²) in [6, 6.07) is 26.0. The smallest absolute Gasteiger partial charge is 0.0499 e. The molecule has 1 nitrogen and oxygen atoms in total. The number of para-hydroxylation sites is 1. The van der Waals surface area contributed by atoms with Gasteiger partial charge in [0, 0.05) is 16.8 Å². The molecule has 1 heteroatoms.